The first-order chi connectivity index (χ1) is 5.77. The van der Waals surface area contributed by atoms with E-state index in [1.54, 1.807) is 0 Å². The highest BCUT2D eigenvalue weighted by Crippen LogP contribution is 2.21. The Hall–Kier alpha value is -0.290. The summed E-state index contributed by atoms with van der Waals surface area (Å²) in [4.78, 5) is 0. The van der Waals surface area contributed by atoms with Gasteiger partial charge >= 0.3 is 0 Å². The summed E-state index contributed by atoms with van der Waals surface area (Å²) in [5.41, 5.74) is 0.919. The Labute approximate surface area is 85.7 Å². The lowest BCUT2D eigenvalue weighted by Gasteiger charge is -2.06. The quantitative estimate of drug-likeness (QED) is 0.859. The molecule has 12 heavy (non-hydrogen) atoms. The fourth-order valence-corrected chi connectivity index (χ4v) is 1.65. The van der Waals surface area contributed by atoms with Crippen molar-refractivity contribution in [3.8, 4) is 5.75 Å². The van der Waals surface area contributed by atoms with Crippen molar-refractivity contribution >= 4 is 22.6 Å². The predicted octanol–water partition coefficient (Wildman–Crippen LogP) is 2.18. The monoisotopic (exact) mass is 278 g/mol. The lowest BCUT2D eigenvalue weighted by molar-refractivity contribution is 0.281. The third kappa shape index (κ3) is 2.35. The van der Waals surface area contributed by atoms with Gasteiger partial charge in [0.2, 0.25) is 0 Å². The van der Waals surface area contributed by atoms with Gasteiger partial charge in [-0.1, -0.05) is 6.07 Å². The molecule has 1 aromatic carbocycles. The molecule has 0 fully saturated rings. The number of ether oxygens (including phenoxy) is 1. The van der Waals surface area contributed by atoms with E-state index >= 15 is 0 Å². The third-order valence-electron chi connectivity index (χ3n) is 1.48. The molecule has 3 heteroatoms. The van der Waals surface area contributed by atoms with Crippen LogP contribution >= 0.6 is 22.6 Å². The van der Waals surface area contributed by atoms with Gasteiger partial charge in [-0.2, -0.15) is 0 Å². The second-order valence-corrected chi connectivity index (χ2v) is 3.52. The van der Waals surface area contributed by atoms with E-state index in [4.69, 9.17) is 9.84 Å². The maximum absolute atomic E-state index is 8.84. The first-order valence-electron chi connectivity index (χ1n) is 3.80. The van der Waals surface area contributed by atoms with Crippen molar-refractivity contribution in [3.05, 3.63) is 27.3 Å². The molecule has 0 unspecified atom stereocenters. The first kappa shape index (κ1) is 9.80. The summed E-state index contributed by atoms with van der Waals surface area (Å²) in [6.07, 6.45) is 0. The molecule has 1 aromatic rings. The molecule has 0 aromatic heterocycles. The van der Waals surface area contributed by atoms with E-state index in [0.717, 1.165) is 14.9 Å². The van der Waals surface area contributed by atoms with Crippen LogP contribution in [0.15, 0.2) is 18.2 Å². The van der Waals surface area contributed by atoms with Gasteiger partial charge in [-0.25, -0.2) is 0 Å². The topological polar surface area (TPSA) is 29.5 Å². The Morgan fingerprint density at radius 3 is 2.75 bits per heavy atom. The summed E-state index contributed by atoms with van der Waals surface area (Å²) in [7, 11) is 0. The molecular formula is C9H11IO2. The summed E-state index contributed by atoms with van der Waals surface area (Å²) >= 11 is 2.20. The number of rotatable bonds is 3. The Bertz CT molecular complexity index is 261. The molecule has 66 valence electrons. The summed E-state index contributed by atoms with van der Waals surface area (Å²) in [6.45, 7) is 2.72. The summed E-state index contributed by atoms with van der Waals surface area (Å²) in [5.74, 6) is 0.885. The number of benzene rings is 1. The summed E-state index contributed by atoms with van der Waals surface area (Å²) in [6, 6.07) is 5.68. The van der Waals surface area contributed by atoms with Crippen LogP contribution < -0.4 is 4.74 Å². The van der Waals surface area contributed by atoms with E-state index in [1.165, 1.54) is 0 Å². The maximum Gasteiger partial charge on any atom is 0.132 e. The van der Waals surface area contributed by atoms with Gasteiger partial charge in [-0.3, -0.25) is 0 Å². The smallest absolute Gasteiger partial charge is 0.132 e. The van der Waals surface area contributed by atoms with Crippen molar-refractivity contribution in [1.82, 2.24) is 0 Å². The van der Waals surface area contributed by atoms with Crippen molar-refractivity contribution < 1.29 is 9.84 Å². The van der Waals surface area contributed by atoms with Gasteiger partial charge in [-0.05, 0) is 47.2 Å². The Balaban J connectivity index is 2.87. The number of aliphatic hydroxyl groups is 1. The first-order valence-corrected chi connectivity index (χ1v) is 4.88. The van der Waals surface area contributed by atoms with Gasteiger partial charge < -0.3 is 9.84 Å². The van der Waals surface area contributed by atoms with E-state index in [0.29, 0.717) is 6.61 Å². The highest BCUT2D eigenvalue weighted by atomic mass is 127. The molecule has 0 saturated carbocycles. The summed E-state index contributed by atoms with van der Waals surface area (Å²) in [5, 5.41) is 8.84. The van der Waals surface area contributed by atoms with Gasteiger partial charge in [-0.15, -0.1) is 0 Å². The van der Waals surface area contributed by atoms with E-state index in [9.17, 15) is 0 Å². The van der Waals surface area contributed by atoms with Gasteiger partial charge in [0.15, 0.2) is 0 Å². The molecule has 2 nitrogen and oxygen atoms in total. The maximum atomic E-state index is 8.84. The number of hydrogen-bond donors (Lipinski definition) is 1. The van der Waals surface area contributed by atoms with Crippen LogP contribution in [0.5, 0.6) is 5.75 Å². The van der Waals surface area contributed by atoms with Gasteiger partial charge in [0.1, 0.15) is 5.75 Å². The van der Waals surface area contributed by atoms with Crippen molar-refractivity contribution in [2.24, 2.45) is 0 Å². The molecule has 0 amide bonds. The minimum Gasteiger partial charge on any atom is -0.493 e. The van der Waals surface area contributed by atoms with Crippen LogP contribution in [0, 0.1) is 3.57 Å². The average Bonchev–Trinajstić information content (AvgIpc) is 2.09. The number of aliphatic hydroxyl groups excluding tert-OH is 1. The highest BCUT2D eigenvalue weighted by molar-refractivity contribution is 14.1. The van der Waals surface area contributed by atoms with Crippen molar-refractivity contribution in [3.63, 3.8) is 0 Å². The largest absolute Gasteiger partial charge is 0.493 e. The van der Waals surface area contributed by atoms with Gasteiger partial charge in [0, 0.05) is 0 Å². The SMILES string of the molecule is CCOc1ccc(CO)cc1I. The van der Waals surface area contributed by atoms with Crippen LogP contribution in [0.2, 0.25) is 0 Å². The molecule has 0 bridgehead atoms. The van der Waals surface area contributed by atoms with Crippen LogP contribution in [0.4, 0.5) is 0 Å². The normalized spacial score (nSPS) is 9.92. The zero-order valence-corrected chi connectivity index (χ0v) is 9.04. The van der Waals surface area contributed by atoms with Crippen molar-refractivity contribution in [1.29, 1.82) is 0 Å². The molecule has 1 N–H and O–H groups in total. The van der Waals surface area contributed by atoms with E-state index in [2.05, 4.69) is 22.6 Å². The zero-order valence-electron chi connectivity index (χ0n) is 6.88. The third-order valence-corrected chi connectivity index (χ3v) is 2.32. The Morgan fingerprint density at radius 2 is 2.25 bits per heavy atom. The van der Waals surface area contributed by atoms with Gasteiger partial charge in [0.05, 0.1) is 16.8 Å². The second kappa shape index (κ2) is 4.67. The zero-order chi connectivity index (χ0) is 8.97. The molecule has 0 radical (unpaired) electrons. The Morgan fingerprint density at radius 1 is 1.50 bits per heavy atom. The summed E-state index contributed by atoms with van der Waals surface area (Å²) < 4.78 is 6.39. The molecule has 0 heterocycles. The molecule has 0 spiro atoms. The predicted molar refractivity (Wildman–Crippen MR) is 56.3 cm³/mol. The Kier molecular flexibility index (Phi) is 3.81. The van der Waals surface area contributed by atoms with E-state index < -0.39 is 0 Å². The number of halogens is 1. The van der Waals surface area contributed by atoms with E-state index in [-0.39, 0.29) is 6.61 Å². The van der Waals surface area contributed by atoms with Crippen LogP contribution in [0.3, 0.4) is 0 Å². The molecule has 0 aliphatic rings. The lowest BCUT2D eigenvalue weighted by atomic mass is 10.2. The fraction of sp³-hybridized carbons (Fsp3) is 0.333. The molecule has 0 aliphatic carbocycles. The minimum absolute atomic E-state index is 0.0857. The second-order valence-electron chi connectivity index (χ2n) is 2.36. The molecular weight excluding hydrogens is 267 g/mol. The van der Waals surface area contributed by atoms with Crippen LogP contribution in [-0.4, -0.2) is 11.7 Å². The van der Waals surface area contributed by atoms with Crippen LogP contribution in [-0.2, 0) is 6.61 Å². The molecule has 0 saturated heterocycles. The lowest BCUT2D eigenvalue weighted by Crippen LogP contribution is -1.94. The average molecular weight is 278 g/mol. The fourth-order valence-electron chi connectivity index (χ4n) is 0.915. The molecule has 1 rings (SSSR count). The van der Waals surface area contributed by atoms with Crippen LogP contribution in [0.1, 0.15) is 12.5 Å². The molecule has 0 aliphatic heterocycles. The van der Waals surface area contributed by atoms with Crippen molar-refractivity contribution in [2.75, 3.05) is 6.61 Å². The van der Waals surface area contributed by atoms with E-state index in [1.807, 2.05) is 25.1 Å². The van der Waals surface area contributed by atoms with Crippen molar-refractivity contribution in [2.45, 2.75) is 13.5 Å². The minimum atomic E-state index is 0.0857. The molecule has 0 atom stereocenters. The standard InChI is InChI=1S/C9H11IO2/c1-2-12-9-4-3-7(6-11)5-8(9)10/h3-5,11H,2,6H2,1H3. The van der Waals surface area contributed by atoms with Crippen LogP contribution in [0.25, 0.3) is 0 Å². The van der Waals surface area contributed by atoms with Gasteiger partial charge in [0.25, 0.3) is 0 Å². The highest BCUT2D eigenvalue weighted by Gasteiger charge is 2.00. The number of hydrogen-bond acceptors (Lipinski definition) is 2.